The second-order valence-corrected chi connectivity index (χ2v) is 18.4. The van der Waals surface area contributed by atoms with Gasteiger partial charge in [-0.2, -0.15) is 4.98 Å². The van der Waals surface area contributed by atoms with Crippen molar-refractivity contribution in [2.75, 3.05) is 50.1 Å². The van der Waals surface area contributed by atoms with Gasteiger partial charge in [-0.25, -0.2) is 4.98 Å². The molecule has 4 aromatic rings. The first-order valence-corrected chi connectivity index (χ1v) is 23.0. The first-order valence-electron chi connectivity index (χ1n) is 22.7. The lowest BCUT2D eigenvalue weighted by Crippen LogP contribution is -2.54. The van der Waals surface area contributed by atoms with Crippen LogP contribution in [0.4, 0.5) is 17.5 Å². The normalized spacial score (nSPS) is 22.2. The summed E-state index contributed by atoms with van der Waals surface area (Å²) in [6.07, 6.45) is 8.92. The minimum absolute atomic E-state index is 0.0879. The van der Waals surface area contributed by atoms with Crippen LogP contribution in [0.1, 0.15) is 110 Å². The van der Waals surface area contributed by atoms with Gasteiger partial charge in [-0.05, 0) is 126 Å². The number of piperidine rings is 3. The Bertz CT molecular complexity index is 2600. The molecule has 3 N–H and O–H groups in total. The number of anilines is 3. The van der Waals surface area contributed by atoms with Crippen molar-refractivity contribution in [3.8, 4) is 5.75 Å². The molecule has 342 valence electrons. The average molecular weight is 908 g/mol. The van der Waals surface area contributed by atoms with E-state index in [0.717, 1.165) is 92.5 Å². The number of hydrogen-bond acceptors (Lipinski definition) is 13. The molecule has 1 saturated carbocycles. The Morgan fingerprint density at radius 1 is 0.892 bits per heavy atom. The minimum atomic E-state index is -0.971. The fourth-order valence-electron chi connectivity index (χ4n) is 10.1. The highest BCUT2D eigenvalue weighted by atomic mass is 35.5. The molecule has 3 atom stereocenters. The molecule has 0 spiro atoms. The van der Waals surface area contributed by atoms with Crippen molar-refractivity contribution in [3.05, 3.63) is 80.7 Å². The number of aromatic nitrogens is 3. The summed E-state index contributed by atoms with van der Waals surface area (Å²) in [6.45, 7) is 6.95. The second-order valence-electron chi connectivity index (χ2n) is 18.0. The summed E-state index contributed by atoms with van der Waals surface area (Å²) in [7, 11) is 1.51. The Kier molecular flexibility index (Phi) is 12.6. The predicted octanol–water partition coefficient (Wildman–Crippen LogP) is 5.08. The lowest BCUT2D eigenvalue weighted by atomic mass is 9.87. The quantitative estimate of drug-likeness (QED) is 0.159. The molecule has 18 heteroatoms. The SMILES string of the molecule is CNC(=O)COc1cc2cc(Nc3nc(N4CCC(OC5CCC(N6CCC(c7ccc8c(c7)C(=O)N(C7CCC(=O)NC7=O)C8=O)CC6)C5)CC4)ncc3Cl)ccc2n(C(C)C)c1=O. The molecule has 5 aliphatic rings. The predicted molar refractivity (Wildman–Crippen MR) is 243 cm³/mol. The number of halogens is 1. The smallest absolute Gasteiger partial charge is 0.293 e. The van der Waals surface area contributed by atoms with Crippen molar-refractivity contribution in [1.82, 2.24) is 35.0 Å². The van der Waals surface area contributed by atoms with Gasteiger partial charge in [-0.15, -0.1) is 0 Å². The molecule has 1 aliphatic carbocycles. The van der Waals surface area contributed by atoms with Gasteiger partial charge in [0.15, 0.2) is 18.2 Å². The van der Waals surface area contributed by atoms with E-state index in [2.05, 4.69) is 30.7 Å². The van der Waals surface area contributed by atoms with Crippen LogP contribution in [0.5, 0.6) is 5.75 Å². The summed E-state index contributed by atoms with van der Waals surface area (Å²) < 4.78 is 14.0. The number of amides is 5. The van der Waals surface area contributed by atoms with E-state index >= 15 is 0 Å². The van der Waals surface area contributed by atoms with Crippen LogP contribution in [-0.2, 0) is 19.1 Å². The molecule has 4 fully saturated rings. The Labute approximate surface area is 381 Å². The van der Waals surface area contributed by atoms with Crippen molar-refractivity contribution in [2.24, 2.45) is 0 Å². The monoisotopic (exact) mass is 907 g/mol. The number of ether oxygens (including phenoxy) is 2. The van der Waals surface area contributed by atoms with Crippen molar-refractivity contribution in [3.63, 3.8) is 0 Å². The summed E-state index contributed by atoms with van der Waals surface area (Å²) in [6, 6.07) is 12.1. The summed E-state index contributed by atoms with van der Waals surface area (Å²) in [5, 5.41) is 9.21. The number of nitrogens with zero attached hydrogens (tertiary/aromatic N) is 6. The Morgan fingerprint density at radius 2 is 1.66 bits per heavy atom. The minimum Gasteiger partial charge on any atom is -0.478 e. The molecule has 3 saturated heterocycles. The molecule has 0 radical (unpaired) electrons. The van der Waals surface area contributed by atoms with Gasteiger partial charge in [0.05, 0.1) is 35.0 Å². The lowest BCUT2D eigenvalue weighted by molar-refractivity contribution is -0.136. The molecule has 6 heterocycles. The Morgan fingerprint density at radius 3 is 2.40 bits per heavy atom. The van der Waals surface area contributed by atoms with Crippen molar-refractivity contribution < 1.29 is 33.4 Å². The standard InChI is InChI=1S/C47H54ClN9O8/c1-26(2)56-37-9-5-30(20-29(37)22-39(46(56)63)64-25-41(59)49-3)51-42-36(48)24-50-47(53-42)55-18-14-32(15-19-55)65-33-7-6-31(23-33)54-16-12-27(13-17-54)28-4-8-34-35(21-28)45(62)57(44(34)61)38-10-11-40(58)52-43(38)60/h4-5,8-9,20-22,24,26-27,31-33,38H,6-7,10-19,23,25H2,1-3H3,(H,49,59)(H,50,51,53)(H,52,58,60). The van der Waals surface area contributed by atoms with Crippen LogP contribution in [0.3, 0.4) is 0 Å². The van der Waals surface area contributed by atoms with E-state index in [0.29, 0.717) is 39.6 Å². The van der Waals surface area contributed by atoms with Crippen molar-refractivity contribution in [2.45, 2.75) is 108 Å². The number of benzene rings is 2. The van der Waals surface area contributed by atoms with E-state index in [4.69, 9.17) is 26.1 Å². The van der Waals surface area contributed by atoms with Crippen LogP contribution >= 0.6 is 11.6 Å². The average Bonchev–Trinajstić information content (AvgIpc) is 3.87. The molecule has 9 rings (SSSR count). The lowest BCUT2D eigenvalue weighted by Gasteiger charge is -2.36. The van der Waals surface area contributed by atoms with Gasteiger partial charge in [0, 0.05) is 49.7 Å². The van der Waals surface area contributed by atoms with E-state index in [1.165, 1.54) is 7.05 Å². The number of hydrogen-bond donors (Lipinski definition) is 3. The zero-order valence-electron chi connectivity index (χ0n) is 36.8. The van der Waals surface area contributed by atoms with Gasteiger partial charge in [0.25, 0.3) is 23.3 Å². The van der Waals surface area contributed by atoms with E-state index in [-0.39, 0.29) is 60.8 Å². The fourth-order valence-corrected chi connectivity index (χ4v) is 10.3. The second kappa shape index (κ2) is 18.5. The van der Waals surface area contributed by atoms with Crippen LogP contribution in [0.25, 0.3) is 10.9 Å². The highest BCUT2D eigenvalue weighted by Crippen LogP contribution is 2.37. The molecule has 65 heavy (non-hydrogen) atoms. The maximum atomic E-state index is 13.4. The molecular weight excluding hydrogens is 854 g/mol. The summed E-state index contributed by atoms with van der Waals surface area (Å²) in [4.78, 5) is 91.0. The first kappa shape index (κ1) is 44.3. The Balaban J connectivity index is 0.757. The highest BCUT2D eigenvalue weighted by Gasteiger charge is 2.45. The molecule has 2 aromatic heterocycles. The van der Waals surface area contributed by atoms with Crippen LogP contribution in [-0.4, -0.2) is 118 Å². The van der Waals surface area contributed by atoms with Gasteiger partial charge in [0.2, 0.25) is 17.8 Å². The molecule has 0 bridgehead atoms. The fraction of sp³-hybridized carbons (Fsp3) is 0.489. The molecule has 2 aromatic carbocycles. The van der Waals surface area contributed by atoms with Crippen LogP contribution < -0.4 is 31.1 Å². The number of carbonyl (C=O) groups excluding carboxylic acids is 5. The maximum absolute atomic E-state index is 13.4. The number of pyridine rings is 1. The van der Waals surface area contributed by atoms with Crippen LogP contribution in [0, 0.1) is 0 Å². The number of carbonyl (C=O) groups is 5. The van der Waals surface area contributed by atoms with Gasteiger partial charge >= 0.3 is 0 Å². The van der Waals surface area contributed by atoms with Crippen molar-refractivity contribution in [1.29, 1.82) is 0 Å². The molecular formula is C47H54ClN9O8. The van der Waals surface area contributed by atoms with Crippen LogP contribution in [0.15, 0.2) is 53.5 Å². The third-order valence-electron chi connectivity index (χ3n) is 13.6. The summed E-state index contributed by atoms with van der Waals surface area (Å²) >= 11 is 6.61. The summed E-state index contributed by atoms with van der Waals surface area (Å²) in [5.74, 6) is -0.888. The highest BCUT2D eigenvalue weighted by molar-refractivity contribution is 6.33. The van der Waals surface area contributed by atoms with Gasteiger partial charge in [-0.3, -0.25) is 39.0 Å². The number of imide groups is 2. The largest absolute Gasteiger partial charge is 0.478 e. The molecule has 17 nitrogen and oxygen atoms in total. The maximum Gasteiger partial charge on any atom is 0.293 e. The number of rotatable bonds is 12. The molecule has 5 amide bonds. The first-order chi connectivity index (χ1) is 31.3. The van der Waals surface area contributed by atoms with Gasteiger partial charge < -0.3 is 34.5 Å². The number of fused-ring (bicyclic) bond motifs is 2. The van der Waals surface area contributed by atoms with E-state index in [1.807, 2.05) is 44.2 Å². The molecule has 4 aliphatic heterocycles. The summed E-state index contributed by atoms with van der Waals surface area (Å²) in [5.41, 5.74) is 2.82. The number of nitrogens with one attached hydrogen (secondary N) is 3. The number of likely N-dealkylation sites (N-methyl/N-ethyl adjacent to an activating group) is 1. The Hall–Kier alpha value is -5.91. The van der Waals surface area contributed by atoms with Crippen molar-refractivity contribution >= 4 is 69.5 Å². The molecule has 3 unspecified atom stereocenters. The van der Waals surface area contributed by atoms with E-state index < -0.39 is 29.7 Å². The van der Waals surface area contributed by atoms with E-state index in [1.54, 1.807) is 22.9 Å². The zero-order chi connectivity index (χ0) is 45.5. The third kappa shape index (κ3) is 9.05. The van der Waals surface area contributed by atoms with Gasteiger partial charge in [0.1, 0.15) is 11.1 Å². The topological polar surface area (TPSA) is 197 Å². The zero-order valence-corrected chi connectivity index (χ0v) is 37.6. The van der Waals surface area contributed by atoms with E-state index in [9.17, 15) is 28.8 Å². The number of likely N-dealkylation sites (tertiary alicyclic amines) is 1. The third-order valence-corrected chi connectivity index (χ3v) is 13.9. The van der Waals surface area contributed by atoms with Gasteiger partial charge in [-0.1, -0.05) is 17.7 Å². The van der Waals surface area contributed by atoms with Crippen LogP contribution in [0.2, 0.25) is 5.02 Å².